The largest absolute Gasteiger partial charge is 0.316 e. The molecule has 0 aromatic heterocycles. The van der Waals surface area contributed by atoms with E-state index < -0.39 is 0 Å². The molecule has 2 unspecified atom stereocenters. The predicted octanol–water partition coefficient (Wildman–Crippen LogP) is 4.47. The van der Waals surface area contributed by atoms with E-state index in [1.54, 1.807) is 0 Å². The van der Waals surface area contributed by atoms with Gasteiger partial charge in [-0.1, -0.05) is 38.3 Å². The minimum atomic E-state index is 0.846. The SMILES string of the molecule is CCC1CCCC(Sc2ccc(CNC)cc2)C1. The van der Waals surface area contributed by atoms with E-state index in [0.717, 1.165) is 17.7 Å². The molecular weight excluding hydrogens is 238 g/mol. The average molecular weight is 263 g/mol. The van der Waals surface area contributed by atoms with E-state index in [4.69, 9.17) is 0 Å². The van der Waals surface area contributed by atoms with Crippen LogP contribution in [0.2, 0.25) is 0 Å². The van der Waals surface area contributed by atoms with Gasteiger partial charge in [0.05, 0.1) is 0 Å². The number of rotatable bonds is 5. The normalized spacial score (nSPS) is 24.1. The van der Waals surface area contributed by atoms with Gasteiger partial charge in [-0.25, -0.2) is 0 Å². The molecule has 1 fully saturated rings. The zero-order valence-electron chi connectivity index (χ0n) is 11.6. The summed E-state index contributed by atoms with van der Waals surface area (Å²) in [6.45, 7) is 3.30. The number of hydrogen-bond acceptors (Lipinski definition) is 2. The molecule has 1 saturated carbocycles. The molecule has 100 valence electrons. The third-order valence-electron chi connectivity index (χ3n) is 3.92. The predicted molar refractivity (Wildman–Crippen MR) is 81.1 cm³/mol. The van der Waals surface area contributed by atoms with Gasteiger partial charge >= 0.3 is 0 Å². The summed E-state index contributed by atoms with van der Waals surface area (Å²) >= 11 is 2.09. The highest BCUT2D eigenvalue weighted by Crippen LogP contribution is 2.37. The molecule has 0 heterocycles. The van der Waals surface area contributed by atoms with Gasteiger partial charge in [0.15, 0.2) is 0 Å². The van der Waals surface area contributed by atoms with Crippen molar-refractivity contribution in [3.05, 3.63) is 29.8 Å². The summed E-state index contributed by atoms with van der Waals surface area (Å²) < 4.78 is 0. The lowest BCUT2D eigenvalue weighted by Crippen LogP contribution is -2.16. The topological polar surface area (TPSA) is 12.0 Å². The van der Waals surface area contributed by atoms with Crippen molar-refractivity contribution in [2.45, 2.75) is 55.7 Å². The maximum absolute atomic E-state index is 3.19. The molecule has 1 aromatic carbocycles. The number of benzene rings is 1. The van der Waals surface area contributed by atoms with Gasteiger partial charge in [-0.05, 0) is 43.5 Å². The molecule has 1 N–H and O–H groups in total. The highest BCUT2D eigenvalue weighted by atomic mass is 32.2. The van der Waals surface area contributed by atoms with Gasteiger partial charge in [-0.15, -0.1) is 11.8 Å². The fraction of sp³-hybridized carbons (Fsp3) is 0.625. The summed E-state index contributed by atoms with van der Waals surface area (Å²) in [5, 5.41) is 4.04. The van der Waals surface area contributed by atoms with Crippen molar-refractivity contribution < 1.29 is 0 Å². The maximum atomic E-state index is 3.19. The first-order valence-corrected chi connectivity index (χ1v) is 8.10. The van der Waals surface area contributed by atoms with Crippen molar-refractivity contribution in [2.24, 2.45) is 5.92 Å². The zero-order valence-corrected chi connectivity index (χ0v) is 12.4. The van der Waals surface area contributed by atoms with Crippen molar-refractivity contribution in [2.75, 3.05) is 7.05 Å². The Morgan fingerprint density at radius 2 is 2.00 bits per heavy atom. The van der Waals surface area contributed by atoms with Crippen LogP contribution in [0.4, 0.5) is 0 Å². The van der Waals surface area contributed by atoms with E-state index >= 15 is 0 Å². The van der Waals surface area contributed by atoms with Gasteiger partial charge in [-0.3, -0.25) is 0 Å². The van der Waals surface area contributed by atoms with E-state index in [1.807, 2.05) is 7.05 Å². The molecule has 1 nitrogen and oxygen atoms in total. The second-order valence-electron chi connectivity index (χ2n) is 5.36. The van der Waals surface area contributed by atoms with E-state index in [2.05, 4.69) is 48.3 Å². The zero-order chi connectivity index (χ0) is 12.8. The van der Waals surface area contributed by atoms with E-state index in [0.29, 0.717) is 0 Å². The van der Waals surface area contributed by atoms with Gasteiger partial charge in [0.2, 0.25) is 0 Å². The lowest BCUT2D eigenvalue weighted by Gasteiger charge is -2.28. The second-order valence-corrected chi connectivity index (χ2v) is 6.73. The van der Waals surface area contributed by atoms with Crippen molar-refractivity contribution in [3.8, 4) is 0 Å². The van der Waals surface area contributed by atoms with Crippen LogP contribution < -0.4 is 5.32 Å². The van der Waals surface area contributed by atoms with Crippen molar-refractivity contribution in [1.29, 1.82) is 0 Å². The number of thioether (sulfide) groups is 1. The molecule has 2 heteroatoms. The summed E-state index contributed by atoms with van der Waals surface area (Å²) in [5.41, 5.74) is 1.37. The third-order valence-corrected chi connectivity index (χ3v) is 5.22. The van der Waals surface area contributed by atoms with E-state index in [-0.39, 0.29) is 0 Å². The Hall–Kier alpha value is -0.470. The standard InChI is InChI=1S/C16H25NS/c1-3-13-5-4-6-16(11-13)18-15-9-7-14(8-10-15)12-17-2/h7-10,13,16-17H,3-6,11-12H2,1-2H3. The van der Waals surface area contributed by atoms with Crippen LogP contribution in [-0.4, -0.2) is 12.3 Å². The lowest BCUT2D eigenvalue weighted by molar-refractivity contribution is 0.357. The molecule has 1 aliphatic carbocycles. The van der Waals surface area contributed by atoms with Gasteiger partial charge in [-0.2, -0.15) is 0 Å². The molecule has 0 aliphatic heterocycles. The Balaban J connectivity index is 1.88. The summed E-state index contributed by atoms with van der Waals surface area (Å²) in [6, 6.07) is 9.07. The molecule has 18 heavy (non-hydrogen) atoms. The fourth-order valence-electron chi connectivity index (χ4n) is 2.80. The molecule has 1 aliphatic rings. The number of nitrogens with one attached hydrogen (secondary N) is 1. The van der Waals surface area contributed by atoms with Gasteiger partial charge in [0.1, 0.15) is 0 Å². The third kappa shape index (κ3) is 4.03. The summed E-state index contributed by atoms with van der Waals surface area (Å²) in [5.74, 6) is 0.972. The molecule has 2 atom stereocenters. The van der Waals surface area contributed by atoms with Gasteiger partial charge in [0, 0.05) is 16.7 Å². The van der Waals surface area contributed by atoms with Crippen LogP contribution in [0.3, 0.4) is 0 Å². The molecule has 0 saturated heterocycles. The van der Waals surface area contributed by atoms with Crippen LogP contribution in [0.25, 0.3) is 0 Å². The van der Waals surface area contributed by atoms with Crippen molar-refractivity contribution >= 4 is 11.8 Å². The van der Waals surface area contributed by atoms with Crippen molar-refractivity contribution in [3.63, 3.8) is 0 Å². The monoisotopic (exact) mass is 263 g/mol. The maximum Gasteiger partial charge on any atom is 0.0202 e. The highest BCUT2D eigenvalue weighted by Gasteiger charge is 2.21. The van der Waals surface area contributed by atoms with Crippen LogP contribution in [0.5, 0.6) is 0 Å². The average Bonchev–Trinajstić information content (AvgIpc) is 2.42. The highest BCUT2D eigenvalue weighted by molar-refractivity contribution is 8.00. The van der Waals surface area contributed by atoms with Gasteiger partial charge in [0.25, 0.3) is 0 Å². The molecule has 0 bridgehead atoms. The minimum Gasteiger partial charge on any atom is -0.316 e. The van der Waals surface area contributed by atoms with Crippen LogP contribution in [-0.2, 0) is 6.54 Å². The Bertz CT molecular complexity index is 347. The summed E-state index contributed by atoms with van der Waals surface area (Å²) in [4.78, 5) is 1.44. The Morgan fingerprint density at radius 3 is 2.67 bits per heavy atom. The molecule has 0 spiro atoms. The van der Waals surface area contributed by atoms with Crippen molar-refractivity contribution in [1.82, 2.24) is 5.32 Å². The fourth-order valence-corrected chi connectivity index (χ4v) is 4.13. The number of hydrogen-bond donors (Lipinski definition) is 1. The first-order chi connectivity index (χ1) is 8.81. The molecule has 2 rings (SSSR count). The smallest absolute Gasteiger partial charge is 0.0202 e. The van der Waals surface area contributed by atoms with Gasteiger partial charge < -0.3 is 5.32 Å². The first-order valence-electron chi connectivity index (χ1n) is 7.22. The molecule has 0 amide bonds. The van der Waals surface area contributed by atoms with Crippen LogP contribution >= 0.6 is 11.8 Å². The summed E-state index contributed by atoms with van der Waals surface area (Å²) in [7, 11) is 2.00. The Morgan fingerprint density at radius 1 is 1.22 bits per heavy atom. The summed E-state index contributed by atoms with van der Waals surface area (Å²) in [6.07, 6.45) is 7.06. The first kappa shape index (κ1) is 14.0. The van der Waals surface area contributed by atoms with E-state index in [1.165, 1.54) is 42.6 Å². The molecule has 1 aromatic rings. The quantitative estimate of drug-likeness (QED) is 0.841. The van der Waals surface area contributed by atoms with E-state index in [9.17, 15) is 0 Å². The Labute approximate surface area is 116 Å². The molecule has 0 radical (unpaired) electrons. The van der Waals surface area contributed by atoms with Crippen LogP contribution in [0.1, 0.15) is 44.6 Å². The second kappa shape index (κ2) is 7.20. The van der Waals surface area contributed by atoms with Crippen LogP contribution in [0, 0.1) is 5.92 Å². The molecular formula is C16H25NS. The van der Waals surface area contributed by atoms with Crippen LogP contribution in [0.15, 0.2) is 29.2 Å². The Kier molecular flexibility index (Phi) is 5.58. The lowest BCUT2D eigenvalue weighted by atomic mass is 9.87. The minimum absolute atomic E-state index is 0.846.